The van der Waals surface area contributed by atoms with Crippen LogP contribution in [0.3, 0.4) is 0 Å². The summed E-state index contributed by atoms with van der Waals surface area (Å²) in [6.07, 6.45) is 1.04. The minimum Gasteiger partial charge on any atom is -0.491 e. The zero-order valence-corrected chi connectivity index (χ0v) is 13.4. The standard InChI is InChI=1S/C17H18F2N2O3/c1-10(2)24-13-4-3-11-5-6-20-15(14(11)7-13)23-9-12-8-17(18,19)16(22)21-12/h3-7,10,12H,8-9H2,1-2H3,(H,21,22)/t12-/m0/s1. The van der Waals surface area contributed by atoms with Crippen molar-refractivity contribution in [2.24, 2.45) is 0 Å². The predicted molar refractivity (Wildman–Crippen MR) is 84.5 cm³/mol. The molecule has 1 fully saturated rings. The van der Waals surface area contributed by atoms with Crippen LogP contribution in [0.2, 0.25) is 0 Å². The Hall–Kier alpha value is -2.44. The van der Waals surface area contributed by atoms with Gasteiger partial charge in [0.15, 0.2) is 0 Å². The Labute approximate surface area is 138 Å². The Morgan fingerprint density at radius 2 is 2.17 bits per heavy atom. The fourth-order valence-corrected chi connectivity index (χ4v) is 2.61. The van der Waals surface area contributed by atoms with Gasteiger partial charge in [0.1, 0.15) is 12.4 Å². The highest BCUT2D eigenvalue weighted by atomic mass is 19.3. The van der Waals surface area contributed by atoms with E-state index in [1.165, 1.54) is 0 Å². The van der Waals surface area contributed by atoms with Gasteiger partial charge in [-0.05, 0) is 37.4 Å². The lowest BCUT2D eigenvalue weighted by Crippen LogP contribution is -2.33. The van der Waals surface area contributed by atoms with E-state index in [2.05, 4.69) is 10.3 Å². The molecule has 1 saturated heterocycles. The van der Waals surface area contributed by atoms with Crippen molar-refractivity contribution in [2.45, 2.75) is 38.3 Å². The van der Waals surface area contributed by atoms with Gasteiger partial charge in [-0.2, -0.15) is 8.78 Å². The maximum atomic E-state index is 13.2. The first kappa shape index (κ1) is 16.4. The highest BCUT2D eigenvalue weighted by Gasteiger charge is 2.48. The molecule has 1 atom stereocenters. The van der Waals surface area contributed by atoms with Crippen LogP contribution in [-0.4, -0.2) is 35.6 Å². The molecule has 24 heavy (non-hydrogen) atoms. The molecular weight excluding hydrogens is 318 g/mol. The number of fused-ring (bicyclic) bond motifs is 1. The lowest BCUT2D eigenvalue weighted by Gasteiger charge is -2.14. The first-order valence-corrected chi connectivity index (χ1v) is 7.72. The van der Waals surface area contributed by atoms with E-state index in [4.69, 9.17) is 9.47 Å². The number of alkyl halides is 2. The number of hydrogen-bond donors (Lipinski definition) is 1. The van der Waals surface area contributed by atoms with Crippen molar-refractivity contribution < 1.29 is 23.0 Å². The zero-order valence-electron chi connectivity index (χ0n) is 13.4. The lowest BCUT2D eigenvalue weighted by atomic mass is 10.1. The summed E-state index contributed by atoms with van der Waals surface area (Å²) in [6, 6.07) is 6.63. The SMILES string of the molecule is CC(C)Oc1ccc2ccnc(OC[C@@H]3CC(F)(F)C(=O)N3)c2c1. The van der Waals surface area contributed by atoms with Gasteiger partial charge in [-0.1, -0.05) is 6.07 Å². The third kappa shape index (κ3) is 3.39. The molecule has 128 valence electrons. The molecule has 2 aromatic rings. The number of amides is 1. The number of carbonyl (C=O) groups is 1. The number of benzene rings is 1. The third-order valence-corrected chi connectivity index (χ3v) is 3.66. The van der Waals surface area contributed by atoms with Gasteiger partial charge in [0, 0.05) is 18.0 Å². The molecule has 0 saturated carbocycles. The number of aromatic nitrogens is 1. The average Bonchev–Trinajstić information content (AvgIpc) is 2.77. The Balaban J connectivity index is 1.78. The number of nitrogens with one attached hydrogen (secondary N) is 1. The minimum absolute atomic E-state index is 0.0272. The Kier molecular flexibility index (Phi) is 4.26. The Morgan fingerprint density at radius 1 is 1.38 bits per heavy atom. The summed E-state index contributed by atoms with van der Waals surface area (Å²) in [4.78, 5) is 15.3. The number of halogens is 2. The predicted octanol–water partition coefficient (Wildman–Crippen LogP) is 2.92. The third-order valence-electron chi connectivity index (χ3n) is 3.66. The molecule has 1 amide bonds. The molecule has 3 rings (SSSR count). The van der Waals surface area contributed by atoms with Gasteiger partial charge in [-0.25, -0.2) is 4.98 Å². The summed E-state index contributed by atoms with van der Waals surface area (Å²) in [7, 11) is 0. The van der Waals surface area contributed by atoms with Gasteiger partial charge in [-0.3, -0.25) is 4.79 Å². The highest BCUT2D eigenvalue weighted by molar-refractivity contribution is 5.88. The summed E-state index contributed by atoms with van der Waals surface area (Å²) in [5.74, 6) is -3.59. The van der Waals surface area contributed by atoms with Gasteiger partial charge in [0.2, 0.25) is 5.88 Å². The second kappa shape index (κ2) is 6.22. The molecule has 0 spiro atoms. The maximum Gasteiger partial charge on any atom is 0.326 e. The molecule has 0 radical (unpaired) electrons. The fourth-order valence-electron chi connectivity index (χ4n) is 2.61. The minimum atomic E-state index is -3.33. The number of pyridine rings is 1. The topological polar surface area (TPSA) is 60.5 Å². The van der Waals surface area contributed by atoms with E-state index in [1.54, 1.807) is 12.3 Å². The quantitative estimate of drug-likeness (QED) is 0.912. The summed E-state index contributed by atoms with van der Waals surface area (Å²) in [6.45, 7) is 3.78. The van der Waals surface area contributed by atoms with Crippen LogP contribution in [0.5, 0.6) is 11.6 Å². The molecule has 0 unspecified atom stereocenters. The van der Waals surface area contributed by atoms with Crippen molar-refractivity contribution in [2.75, 3.05) is 6.61 Å². The van der Waals surface area contributed by atoms with Crippen molar-refractivity contribution in [3.8, 4) is 11.6 Å². The van der Waals surface area contributed by atoms with E-state index in [1.807, 2.05) is 32.0 Å². The molecule has 5 nitrogen and oxygen atoms in total. The van der Waals surface area contributed by atoms with Crippen molar-refractivity contribution >= 4 is 16.7 Å². The van der Waals surface area contributed by atoms with Crippen LogP contribution in [0, 0.1) is 0 Å². The average molecular weight is 336 g/mol. The Bertz CT molecular complexity index is 765. The van der Waals surface area contributed by atoms with Crippen molar-refractivity contribution in [1.29, 1.82) is 0 Å². The molecule has 1 aliphatic rings. The lowest BCUT2D eigenvalue weighted by molar-refractivity contribution is -0.139. The number of ether oxygens (including phenoxy) is 2. The van der Waals surface area contributed by atoms with Gasteiger partial charge in [0.05, 0.1) is 12.1 Å². The van der Waals surface area contributed by atoms with E-state index in [9.17, 15) is 13.6 Å². The molecule has 0 aliphatic carbocycles. The molecule has 0 bridgehead atoms. The molecule has 1 aliphatic heterocycles. The Morgan fingerprint density at radius 3 is 2.83 bits per heavy atom. The van der Waals surface area contributed by atoms with E-state index >= 15 is 0 Å². The van der Waals surface area contributed by atoms with Gasteiger partial charge in [-0.15, -0.1) is 0 Å². The van der Waals surface area contributed by atoms with Crippen molar-refractivity contribution in [3.05, 3.63) is 30.5 Å². The van der Waals surface area contributed by atoms with E-state index < -0.39 is 24.3 Å². The van der Waals surface area contributed by atoms with Crippen LogP contribution in [0.25, 0.3) is 10.8 Å². The highest BCUT2D eigenvalue weighted by Crippen LogP contribution is 2.30. The van der Waals surface area contributed by atoms with Crippen molar-refractivity contribution in [3.63, 3.8) is 0 Å². The first-order chi connectivity index (χ1) is 11.3. The van der Waals surface area contributed by atoms with Gasteiger partial charge < -0.3 is 14.8 Å². The summed E-state index contributed by atoms with van der Waals surface area (Å²) >= 11 is 0. The van der Waals surface area contributed by atoms with Crippen LogP contribution >= 0.6 is 0 Å². The van der Waals surface area contributed by atoms with Crippen LogP contribution in [0.1, 0.15) is 20.3 Å². The van der Waals surface area contributed by atoms with E-state index in [-0.39, 0.29) is 12.7 Å². The molecule has 1 aromatic heterocycles. The van der Waals surface area contributed by atoms with Crippen LogP contribution in [0.15, 0.2) is 30.5 Å². The van der Waals surface area contributed by atoms with E-state index in [0.717, 1.165) is 10.8 Å². The second-order valence-electron chi connectivity index (χ2n) is 6.06. The largest absolute Gasteiger partial charge is 0.491 e. The van der Waals surface area contributed by atoms with Crippen LogP contribution in [0.4, 0.5) is 8.78 Å². The molecule has 7 heteroatoms. The smallest absolute Gasteiger partial charge is 0.326 e. The first-order valence-electron chi connectivity index (χ1n) is 7.72. The summed E-state index contributed by atoms with van der Waals surface area (Å²) < 4.78 is 37.7. The molecule has 2 heterocycles. The van der Waals surface area contributed by atoms with Crippen LogP contribution in [-0.2, 0) is 4.79 Å². The zero-order chi connectivity index (χ0) is 17.3. The number of hydrogen-bond acceptors (Lipinski definition) is 4. The fraction of sp³-hybridized carbons (Fsp3) is 0.412. The summed E-state index contributed by atoms with van der Waals surface area (Å²) in [5, 5.41) is 3.86. The summed E-state index contributed by atoms with van der Waals surface area (Å²) in [5.41, 5.74) is 0. The number of rotatable bonds is 5. The second-order valence-corrected chi connectivity index (χ2v) is 6.06. The van der Waals surface area contributed by atoms with Gasteiger partial charge in [0.25, 0.3) is 5.91 Å². The van der Waals surface area contributed by atoms with E-state index in [0.29, 0.717) is 11.6 Å². The molecule has 1 aromatic carbocycles. The number of carbonyl (C=O) groups excluding carboxylic acids is 1. The van der Waals surface area contributed by atoms with Gasteiger partial charge >= 0.3 is 5.92 Å². The molecule has 1 N–H and O–H groups in total. The van der Waals surface area contributed by atoms with Crippen LogP contribution < -0.4 is 14.8 Å². The van der Waals surface area contributed by atoms with Crippen molar-refractivity contribution in [1.82, 2.24) is 10.3 Å². The molecular formula is C17H18F2N2O3. The maximum absolute atomic E-state index is 13.2. The monoisotopic (exact) mass is 336 g/mol. The number of nitrogens with zero attached hydrogens (tertiary/aromatic N) is 1. The normalized spacial score (nSPS) is 19.5.